The van der Waals surface area contributed by atoms with Crippen LogP contribution in [-0.2, 0) is 6.54 Å². The van der Waals surface area contributed by atoms with Crippen LogP contribution < -0.4 is 10.2 Å². The zero-order chi connectivity index (χ0) is 19.3. The van der Waals surface area contributed by atoms with Gasteiger partial charge in [0, 0.05) is 37.7 Å². The molecule has 4 rings (SSSR count). The van der Waals surface area contributed by atoms with Gasteiger partial charge in [0.15, 0.2) is 0 Å². The van der Waals surface area contributed by atoms with Crippen molar-refractivity contribution in [3.05, 3.63) is 75.6 Å². The predicted molar refractivity (Wildman–Crippen MR) is 115 cm³/mol. The first kappa shape index (κ1) is 18.9. The fourth-order valence-corrected chi connectivity index (χ4v) is 3.98. The monoisotopic (exact) mass is 412 g/mol. The number of hydrogen-bond donors (Lipinski definition) is 1. The number of nitrogens with zero attached hydrogens (tertiary/aromatic N) is 3. The van der Waals surface area contributed by atoms with Crippen molar-refractivity contribution in [2.24, 2.45) is 0 Å². The minimum Gasteiger partial charge on any atom is -0.354 e. The van der Waals surface area contributed by atoms with Gasteiger partial charge in [-0.05, 0) is 41.3 Å². The number of carbonyl (C=O) groups is 1. The summed E-state index contributed by atoms with van der Waals surface area (Å²) in [5.74, 6) is 0.848. The van der Waals surface area contributed by atoms with E-state index < -0.39 is 0 Å². The normalized spacial score (nSPS) is 14.8. The number of hydrogen-bond acceptors (Lipinski definition) is 5. The van der Waals surface area contributed by atoms with E-state index in [0.29, 0.717) is 10.6 Å². The van der Waals surface area contributed by atoms with Gasteiger partial charge < -0.3 is 10.2 Å². The molecule has 0 radical (unpaired) electrons. The zero-order valence-electron chi connectivity index (χ0n) is 15.3. The molecule has 144 valence electrons. The second kappa shape index (κ2) is 8.73. The number of nitrogens with one attached hydrogen (secondary N) is 1. The molecule has 0 saturated carbocycles. The van der Waals surface area contributed by atoms with Gasteiger partial charge in [-0.15, -0.1) is 11.3 Å². The summed E-state index contributed by atoms with van der Waals surface area (Å²) in [5, 5.41) is 5.55. The first-order chi connectivity index (χ1) is 13.7. The number of thiophene rings is 1. The van der Waals surface area contributed by atoms with Gasteiger partial charge in [0.25, 0.3) is 5.91 Å². The number of aromatic nitrogens is 1. The first-order valence-corrected chi connectivity index (χ1v) is 10.5. The highest BCUT2D eigenvalue weighted by atomic mass is 35.5. The van der Waals surface area contributed by atoms with Crippen LogP contribution in [0.25, 0.3) is 0 Å². The molecule has 0 bridgehead atoms. The van der Waals surface area contributed by atoms with Crippen LogP contribution in [0.3, 0.4) is 0 Å². The molecule has 28 heavy (non-hydrogen) atoms. The highest BCUT2D eigenvalue weighted by molar-refractivity contribution is 7.12. The van der Waals surface area contributed by atoms with Crippen LogP contribution in [0, 0.1) is 0 Å². The molecule has 1 aromatic carbocycles. The Bertz CT molecular complexity index is 905. The quantitative estimate of drug-likeness (QED) is 0.676. The number of benzene rings is 1. The van der Waals surface area contributed by atoms with Gasteiger partial charge in [-0.25, -0.2) is 4.98 Å². The molecule has 0 spiro atoms. The van der Waals surface area contributed by atoms with E-state index in [9.17, 15) is 4.79 Å². The third-order valence-electron chi connectivity index (χ3n) is 4.77. The lowest BCUT2D eigenvalue weighted by atomic mass is 10.2. The van der Waals surface area contributed by atoms with E-state index in [-0.39, 0.29) is 5.91 Å². The molecular weight excluding hydrogens is 392 g/mol. The molecule has 0 aliphatic carbocycles. The molecule has 7 heteroatoms. The van der Waals surface area contributed by atoms with E-state index >= 15 is 0 Å². The van der Waals surface area contributed by atoms with E-state index in [1.807, 2.05) is 41.8 Å². The molecule has 1 amide bonds. The number of piperazine rings is 1. The van der Waals surface area contributed by atoms with Crippen molar-refractivity contribution >= 4 is 40.4 Å². The lowest BCUT2D eigenvalue weighted by molar-refractivity contribution is 0.103. The summed E-state index contributed by atoms with van der Waals surface area (Å²) < 4.78 is 0. The summed E-state index contributed by atoms with van der Waals surface area (Å²) in [6, 6.07) is 15.6. The van der Waals surface area contributed by atoms with Crippen molar-refractivity contribution in [2.45, 2.75) is 6.54 Å². The maximum absolute atomic E-state index is 12.1. The molecule has 1 saturated heterocycles. The predicted octanol–water partition coefficient (Wildman–Crippen LogP) is 4.37. The van der Waals surface area contributed by atoms with Crippen molar-refractivity contribution in [3.8, 4) is 0 Å². The molecule has 5 nitrogen and oxygen atoms in total. The van der Waals surface area contributed by atoms with Gasteiger partial charge in [0.1, 0.15) is 5.82 Å². The summed E-state index contributed by atoms with van der Waals surface area (Å²) in [6.07, 6.45) is 1.72. The third kappa shape index (κ3) is 4.70. The number of pyridine rings is 1. The van der Waals surface area contributed by atoms with E-state index in [0.717, 1.165) is 43.6 Å². The second-order valence-electron chi connectivity index (χ2n) is 6.73. The highest BCUT2D eigenvalue weighted by Crippen LogP contribution is 2.19. The van der Waals surface area contributed by atoms with E-state index in [1.165, 1.54) is 16.9 Å². The van der Waals surface area contributed by atoms with Crippen LogP contribution in [0.2, 0.25) is 5.02 Å². The highest BCUT2D eigenvalue weighted by Gasteiger charge is 2.18. The van der Waals surface area contributed by atoms with Gasteiger partial charge in [0.05, 0.1) is 16.8 Å². The Morgan fingerprint density at radius 2 is 1.86 bits per heavy atom. The topological polar surface area (TPSA) is 48.5 Å². The summed E-state index contributed by atoms with van der Waals surface area (Å²) in [5.41, 5.74) is 1.99. The maximum atomic E-state index is 12.1. The number of carbonyl (C=O) groups excluding carboxylic acids is 1. The molecule has 2 aromatic heterocycles. The molecular formula is C21H21ClN4OS. The number of amides is 1. The smallest absolute Gasteiger partial charge is 0.265 e. The zero-order valence-corrected chi connectivity index (χ0v) is 16.9. The minimum absolute atomic E-state index is 0.0969. The van der Waals surface area contributed by atoms with Gasteiger partial charge in [-0.2, -0.15) is 0 Å². The summed E-state index contributed by atoms with van der Waals surface area (Å²) in [4.78, 5) is 22.1. The minimum atomic E-state index is -0.0969. The molecule has 1 fully saturated rings. The molecule has 0 unspecified atom stereocenters. The fraction of sp³-hybridized carbons (Fsp3) is 0.238. The standard InChI is InChI=1S/C21H21ClN4OS/c22-17-5-3-16(4-6-17)15-25-9-11-26(12-10-25)20-8-7-18(14-23-20)24-21(27)19-2-1-13-28-19/h1-8,13-14H,9-12,15H2,(H,24,27). The van der Waals surface area contributed by atoms with Crippen molar-refractivity contribution in [1.29, 1.82) is 0 Å². The van der Waals surface area contributed by atoms with Crippen molar-refractivity contribution in [2.75, 3.05) is 36.4 Å². The van der Waals surface area contributed by atoms with E-state index in [1.54, 1.807) is 6.20 Å². The molecule has 3 aromatic rings. The first-order valence-electron chi connectivity index (χ1n) is 9.20. The molecule has 0 atom stereocenters. The summed E-state index contributed by atoms with van der Waals surface area (Å²) in [6.45, 7) is 4.78. The van der Waals surface area contributed by atoms with Crippen LogP contribution in [0.4, 0.5) is 11.5 Å². The Balaban J connectivity index is 1.29. The lowest BCUT2D eigenvalue weighted by Gasteiger charge is -2.35. The molecule has 1 aliphatic heterocycles. The van der Waals surface area contributed by atoms with E-state index in [2.05, 4.69) is 32.2 Å². The Morgan fingerprint density at radius 3 is 2.50 bits per heavy atom. The van der Waals surface area contributed by atoms with Crippen LogP contribution in [0.1, 0.15) is 15.2 Å². The van der Waals surface area contributed by atoms with Gasteiger partial charge in [-0.1, -0.05) is 29.8 Å². The van der Waals surface area contributed by atoms with Crippen molar-refractivity contribution < 1.29 is 4.79 Å². The van der Waals surface area contributed by atoms with Crippen molar-refractivity contribution in [3.63, 3.8) is 0 Å². The van der Waals surface area contributed by atoms with Crippen molar-refractivity contribution in [1.82, 2.24) is 9.88 Å². The van der Waals surface area contributed by atoms with Gasteiger partial charge in [0.2, 0.25) is 0 Å². The Morgan fingerprint density at radius 1 is 1.07 bits per heavy atom. The third-order valence-corrected chi connectivity index (χ3v) is 5.89. The SMILES string of the molecule is O=C(Nc1ccc(N2CCN(Cc3ccc(Cl)cc3)CC2)nc1)c1cccs1. The van der Waals surface area contributed by atoms with Crippen LogP contribution in [-0.4, -0.2) is 42.0 Å². The number of anilines is 2. The molecule has 3 heterocycles. The molecule has 1 N–H and O–H groups in total. The second-order valence-corrected chi connectivity index (χ2v) is 8.11. The summed E-state index contributed by atoms with van der Waals surface area (Å²) >= 11 is 7.38. The average molecular weight is 413 g/mol. The van der Waals surface area contributed by atoms with Gasteiger partial charge in [-0.3, -0.25) is 9.69 Å². The van der Waals surface area contributed by atoms with Crippen LogP contribution >= 0.6 is 22.9 Å². The Hall–Kier alpha value is -2.41. The maximum Gasteiger partial charge on any atom is 0.265 e. The largest absolute Gasteiger partial charge is 0.354 e. The van der Waals surface area contributed by atoms with Gasteiger partial charge >= 0.3 is 0 Å². The number of rotatable bonds is 5. The lowest BCUT2D eigenvalue weighted by Crippen LogP contribution is -2.46. The number of halogens is 1. The Kier molecular flexibility index (Phi) is 5.90. The molecule has 1 aliphatic rings. The van der Waals surface area contributed by atoms with Crippen LogP contribution in [0.15, 0.2) is 60.1 Å². The van der Waals surface area contributed by atoms with E-state index in [4.69, 9.17) is 11.6 Å². The average Bonchev–Trinajstić information content (AvgIpc) is 3.26. The Labute approximate surface area is 173 Å². The van der Waals surface area contributed by atoms with Crippen LogP contribution in [0.5, 0.6) is 0 Å². The summed E-state index contributed by atoms with van der Waals surface area (Å²) in [7, 11) is 0. The fourth-order valence-electron chi connectivity index (χ4n) is 3.23.